The van der Waals surface area contributed by atoms with Crippen molar-refractivity contribution in [3.63, 3.8) is 0 Å². The van der Waals surface area contributed by atoms with Gasteiger partial charge < -0.3 is 14.6 Å². The van der Waals surface area contributed by atoms with Gasteiger partial charge in [-0.3, -0.25) is 19.4 Å². The molecular weight excluding hydrogens is 424 g/mol. The van der Waals surface area contributed by atoms with Gasteiger partial charge in [0.25, 0.3) is 5.56 Å². The number of aromatic amines is 1. The van der Waals surface area contributed by atoms with Gasteiger partial charge in [-0.1, -0.05) is 18.2 Å². The fourth-order valence-corrected chi connectivity index (χ4v) is 3.81. The van der Waals surface area contributed by atoms with E-state index >= 15 is 0 Å². The molecule has 1 atom stereocenters. The number of carbonyl (C=O) groups is 2. The van der Waals surface area contributed by atoms with Crippen molar-refractivity contribution in [3.8, 4) is 17.4 Å². The minimum atomic E-state index is -0.544. The Kier molecular flexibility index (Phi) is 5.09. The van der Waals surface area contributed by atoms with Crippen LogP contribution in [0.2, 0.25) is 0 Å². The summed E-state index contributed by atoms with van der Waals surface area (Å²) < 4.78 is 6.76. The lowest BCUT2D eigenvalue weighted by molar-refractivity contribution is -0.122. The summed E-state index contributed by atoms with van der Waals surface area (Å²) in [6.45, 7) is 1.96. The third kappa shape index (κ3) is 4.05. The lowest BCUT2D eigenvalue weighted by atomic mass is 10.1. The van der Waals surface area contributed by atoms with Gasteiger partial charge in [0.1, 0.15) is 11.5 Å². The standard InChI is InChI=1S/C23H20N6O4/c1-14-10-20(30)26-23(24-14)29-19(12-17(27-29)18-8-5-9-33-18)25-22(32)15-11-21(31)28(13-15)16-6-3-2-4-7-16/h2-10,12,15H,11,13H2,1H3,(H,25,32)(H,24,26,30). The number of amides is 2. The third-order valence-electron chi connectivity index (χ3n) is 5.36. The van der Waals surface area contributed by atoms with Gasteiger partial charge in [-0.25, -0.2) is 4.98 Å². The monoisotopic (exact) mass is 444 g/mol. The Morgan fingerprint density at radius 1 is 1.15 bits per heavy atom. The number of anilines is 2. The van der Waals surface area contributed by atoms with Crippen LogP contribution in [-0.4, -0.2) is 38.1 Å². The number of hydrogen-bond acceptors (Lipinski definition) is 6. The number of H-pyrrole nitrogens is 1. The largest absolute Gasteiger partial charge is 0.463 e. The van der Waals surface area contributed by atoms with Crippen molar-refractivity contribution in [1.82, 2.24) is 19.7 Å². The first kappa shape index (κ1) is 20.4. The Hall–Kier alpha value is -4.47. The van der Waals surface area contributed by atoms with Gasteiger partial charge in [0.15, 0.2) is 5.76 Å². The van der Waals surface area contributed by atoms with Crippen LogP contribution in [0, 0.1) is 12.8 Å². The Balaban J connectivity index is 1.44. The molecule has 0 spiro atoms. The van der Waals surface area contributed by atoms with Gasteiger partial charge in [0.2, 0.25) is 17.8 Å². The molecule has 0 aliphatic carbocycles. The maximum atomic E-state index is 13.1. The topological polar surface area (TPSA) is 126 Å². The van der Waals surface area contributed by atoms with E-state index in [1.54, 1.807) is 30.0 Å². The molecule has 2 N–H and O–H groups in total. The Morgan fingerprint density at radius 3 is 2.70 bits per heavy atom. The van der Waals surface area contributed by atoms with E-state index in [0.29, 0.717) is 23.0 Å². The first-order chi connectivity index (χ1) is 16.0. The quantitative estimate of drug-likeness (QED) is 0.487. The predicted octanol–water partition coefficient (Wildman–Crippen LogP) is 2.52. The molecule has 1 aromatic carbocycles. The minimum Gasteiger partial charge on any atom is -0.463 e. The number of hydrogen-bond donors (Lipinski definition) is 2. The van der Waals surface area contributed by atoms with Crippen molar-refractivity contribution in [1.29, 1.82) is 0 Å². The van der Waals surface area contributed by atoms with Crippen LogP contribution in [0.25, 0.3) is 17.4 Å². The van der Waals surface area contributed by atoms with Crippen LogP contribution in [0.15, 0.2) is 70.1 Å². The highest BCUT2D eigenvalue weighted by Gasteiger charge is 2.35. The Labute approximate surface area is 187 Å². The second kappa shape index (κ2) is 8.23. The first-order valence-corrected chi connectivity index (χ1v) is 10.4. The molecule has 0 bridgehead atoms. The molecule has 166 valence electrons. The van der Waals surface area contributed by atoms with Gasteiger partial charge in [-0.2, -0.15) is 9.78 Å². The van der Waals surface area contributed by atoms with E-state index in [1.165, 1.54) is 17.0 Å². The number of furan rings is 1. The Bertz CT molecular complexity index is 1370. The smallest absolute Gasteiger partial charge is 0.252 e. The molecule has 0 saturated carbocycles. The molecule has 4 heterocycles. The average molecular weight is 444 g/mol. The number of aryl methyl sites for hydroxylation is 1. The van der Waals surface area contributed by atoms with Gasteiger partial charge >= 0.3 is 0 Å². The summed E-state index contributed by atoms with van der Waals surface area (Å²) in [7, 11) is 0. The number of carbonyl (C=O) groups excluding carboxylic acids is 2. The van der Waals surface area contributed by atoms with Crippen LogP contribution in [0.1, 0.15) is 12.1 Å². The van der Waals surface area contributed by atoms with Crippen LogP contribution in [0.5, 0.6) is 0 Å². The van der Waals surface area contributed by atoms with Crippen LogP contribution in [0.3, 0.4) is 0 Å². The summed E-state index contributed by atoms with van der Waals surface area (Å²) in [5, 5.41) is 7.30. The second-order valence-corrected chi connectivity index (χ2v) is 7.74. The molecule has 1 unspecified atom stereocenters. The number of para-hydroxylation sites is 1. The third-order valence-corrected chi connectivity index (χ3v) is 5.36. The maximum absolute atomic E-state index is 13.1. The number of nitrogens with zero attached hydrogens (tertiary/aromatic N) is 4. The molecule has 4 aromatic rings. The van der Waals surface area contributed by atoms with E-state index in [0.717, 1.165) is 5.69 Å². The SMILES string of the molecule is Cc1cc(=O)[nH]c(-n2nc(-c3ccco3)cc2NC(=O)C2CC(=O)N(c3ccccc3)C2)n1. The van der Waals surface area contributed by atoms with Crippen molar-refractivity contribution in [2.75, 3.05) is 16.8 Å². The van der Waals surface area contributed by atoms with Crippen LogP contribution >= 0.6 is 0 Å². The van der Waals surface area contributed by atoms with Crippen molar-refractivity contribution < 1.29 is 14.0 Å². The average Bonchev–Trinajstić information content (AvgIpc) is 3.53. The van der Waals surface area contributed by atoms with E-state index in [2.05, 4.69) is 20.4 Å². The maximum Gasteiger partial charge on any atom is 0.252 e. The van der Waals surface area contributed by atoms with E-state index in [1.807, 2.05) is 30.3 Å². The minimum absolute atomic E-state index is 0.0967. The summed E-state index contributed by atoms with van der Waals surface area (Å²) in [6.07, 6.45) is 1.61. The fourth-order valence-electron chi connectivity index (χ4n) is 3.81. The number of nitrogens with one attached hydrogen (secondary N) is 2. The summed E-state index contributed by atoms with van der Waals surface area (Å²) in [6, 6.07) is 15.7. The molecule has 5 rings (SSSR count). The molecule has 1 aliphatic rings. The van der Waals surface area contributed by atoms with E-state index in [-0.39, 0.29) is 36.3 Å². The van der Waals surface area contributed by atoms with Gasteiger partial charge in [0, 0.05) is 36.5 Å². The summed E-state index contributed by atoms with van der Waals surface area (Å²) in [5.41, 5.74) is 1.36. The second-order valence-electron chi connectivity index (χ2n) is 7.74. The van der Waals surface area contributed by atoms with Crippen LogP contribution < -0.4 is 15.8 Å². The Morgan fingerprint density at radius 2 is 1.97 bits per heavy atom. The summed E-state index contributed by atoms with van der Waals surface area (Å²) in [4.78, 5) is 46.2. The zero-order valence-corrected chi connectivity index (χ0v) is 17.7. The molecule has 33 heavy (non-hydrogen) atoms. The zero-order chi connectivity index (χ0) is 22.9. The lowest BCUT2D eigenvalue weighted by Crippen LogP contribution is -2.28. The zero-order valence-electron chi connectivity index (χ0n) is 17.7. The highest BCUT2D eigenvalue weighted by molar-refractivity contribution is 6.03. The number of rotatable bonds is 5. The van der Waals surface area contributed by atoms with Crippen LogP contribution in [0.4, 0.5) is 11.5 Å². The molecule has 3 aromatic heterocycles. The van der Waals surface area contributed by atoms with E-state index in [4.69, 9.17) is 4.42 Å². The fraction of sp³-hybridized carbons (Fsp3) is 0.174. The number of aromatic nitrogens is 4. The molecular formula is C23H20N6O4. The van der Waals surface area contributed by atoms with Crippen molar-refractivity contribution in [2.24, 2.45) is 5.92 Å². The van der Waals surface area contributed by atoms with E-state index < -0.39 is 5.92 Å². The molecule has 10 heteroatoms. The van der Waals surface area contributed by atoms with Gasteiger partial charge in [-0.15, -0.1) is 0 Å². The summed E-state index contributed by atoms with van der Waals surface area (Å²) in [5.74, 6) is -0.0461. The van der Waals surface area contributed by atoms with Crippen molar-refractivity contribution in [3.05, 3.63) is 76.9 Å². The highest BCUT2D eigenvalue weighted by atomic mass is 16.3. The molecule has 1 saturated heterocycles. The molecule has 1 aliphatic heterocycles. The molecule has 10 nitrogen and oxygen atoms in total. The van der Waals surface area contributed by atoms with Gasteiger partial charge in [0.05, 0.1) is 12.2 Å². The molecule has 1 fully saturated rings. The lowest BCUT2D eigenvalue weighted by Gasteiger charge is -2.16. The predicted molar refractivity (Wildman–Crippen MR) is 120 cm³/mol. The normalized spacial score (nSPS) is 15.7. The van der Waals surface area contributed by atoms with Crippen LogP contribution in [-0.2, 0) is 9.59 Å². The van der Waals surface area contributed by atoms with Crippen molar-refractivity contribution in [2.45, 2.75) is 13.3 Å². The van der Waals surface area contributed by atoms with Crippen molar-refractivity contribution >= 4 is 23.3 Å². The number of benzene rings is 1. The molecule has 2 amide bonds. The van der Waals surface area contributed by atoms with E-state index in [9.17, 15) is 14.4 Å². The first-order valence-electron chi connectivity index (χ1n) is 10.4. The highest BCUT2D eigenvalue weighted by Crippen LogP contribution is 2.28. The molecule has 0 radical (unpaired) electrons. The summed E-state index contributed by atoms with van der Waals surface area (Å²) >= 11 is 0. The van der Waals surface area contributed by atoms with Gasteiger partial charge in [-0.05, 0) is 31.2 Å².